The number of aliphatic hydroxyl groups is 1. The van der Waals surface area contributed by atoms with Crippen LogP contribution in [-0.2, 0) is 0 Å². The molecule has 2 heterocycles. The molecule has 3 fully saturated rings. The molecule has 0 spiro atoms. The van der Waals surface area contributed by atoms with Crippen LogP contribution in [0.15, 0.2) is 0 Å². The average Bonchev–Trinajstić information content (AvgIpc) is 3.16. The summed E-state index contributed by atoms with van der Waals surface area (Å²) in [5, 5.41) is 9.60. The van der Waals surface area contributed by atoms with Crippen LogP contribution in [0.4, 0.5) is 0 Å². The Morgan fingerprint density at radius 3 is 2.31 bits per heavy atom. The molecule has 152 valence electrons. The quantitative estimate of drug-likeness (QED) is 0.715. The molecule has 3 rings (SSSR count). The molecule has 0 bridgehead atoms. The van der Waals surface area contributed by atoms with Gasteiger partial charge in [0.2, 0.25) is 0 Å². The monoisotopic (exact) mass is 365 g/mol. The van der Waals surface area contributed by atoms with Crippen molar-refractivity contribution in [2.75, 3.05) is 45.9 Å². The molecular formula is C22H43N3O. The molecule has 0 aromatic carbocycles. The van der Waals surface area contributed by atoms with Gasteiger partial charge in [-0.25, -0.2) is 0 Å². The largest absolute Gasteiger partial charge is 0.396 e. The summed E-state index contributed by atoms with van der Waals surface area (Å²) >= 11 is 0. The number of hydrogen-bond donors (Lipinski definition) is 1. The number of rotatable bonds is 8. The highest BCUT2D eigenvalue weighted by Crippen LogP contribution is 2.29. The highest BCUT2D eigenvalue weighted by atomic mass is 16.3. The molecule has 1 aliphatic carbocycles. The summed E-state index contributed by atoms with van der Waals surface area (Å²) in [4.78, 5) is 8.08. The molecule has 0 radical (unpaired) electrons. The van der Waals surface area contributed by atoms with Gasteiger partial charge in [0.1, 0.15) is 0 Å². The number of piperidine rings is 1. The van der Waals surface area contributed by atoms with Crippen LogP contribution in [0.3, 0.4) is 0 Å². The Balaban J connectivity index is 1.43. The molecule has 0 amide bonds. The molecule has 26 heavy (non-hydrogen) atoms. The fourth-order valence-electron chi connectivity index (χ4n) is 5.66. The van der Waals surface area contributed by atoms with Crippen LogP contribution in [-0.4, -0.2) is 83.8 Å². The second kappa shape index (κ2) is 10.4. The topological polar surface area (TPSA) is 30.0 Å². The van der Waals surface area contributed by atoms with Crippen molar-refractivity contribution >= 4 is 0 Å². The van der Waals surface area contributed by atoms with E-state index in [2.05, 4.69) is 28.5 Å². The molecule has 4 heteroatoms. The van der Waals surface area contributed by atoms with Gasteiger partial charge in [0.05, 0.1) is 0 Å². The zero-order valence-corrected chi connectivity index (χ0v) is 17.4. The maximum Gasteiger partial charge on any atom is 0.0446 e. The number of aliphatic hydroxyl groups excluding tert-OH is 1. The Morgan fingerprint density at radius 2 is 1.65 bits per heavy atom. The van der Waals surface area contributed by atoms with Gasteiger partial charge in [-0.1, -0.05) is 25.7 Å². The minimum atomic E-state index is 0.335. The minimum absolute atomic E-state index is 0.335. The average molecular weight is 366 g/mol. The van der Waals surface area contributed by atoms with Crippen molar-refractivity contribution in [3.63, 3.8) is 0 Å². The molecule has 0 aromatic heterocycles. The summed E-state index contributed by atoms with van der Waals surface area (Å²) < 4.78 is 0. The Bertz CT molecular complexity index is 389. The van der Waals surface area contributed by atoms with Gasteiger partial charge in [-0.05, 0) is 71.5 Å². The van der Waals surface area contributed by atoms with Crippen LogP contribution in [0.5, 0.6) is 0 Å². The summed E-state index contributed by atoms with van der Waals surface area (Å²) in [6, 6.07) is 1.99. The number of nitrogens with zero attached hydrogens (tertiary/aromatic N) is 3. The molecule has 4 nitrogen and oxygen atoms in total. The van der Waals surface area contributed by atoms with Gasteiger partial charge >= 0.3 is 0 Å². The fourth-order valence-corrected chi connectivity index (χ4v) is 5.66. The first kappa shape index (κ1) is 20.6. The van der Waals surface area contributed by atoms with Gasteiger partial charge in [-0.2, -0.15) is 0 Å². The summed E-state index contributed by atoms with van der Waals surface area (Å²) in [5.74, 6) is 1.02. The third-order valence-electron chi connectivity index (χ3n) is 7.33. The van der Waals surface area contributed by atoms with E-state index in [1.165, 1.54) is 90.6 Å². The van der Waals surface area contributed by atoms with E-state index in [0.717, 1.165) is 18.4 Å². The third-order valence-corrected chi connectivity index (χ3v) is 7.33. The second-order valence-corrected chi connectivity index (χ2v) is 9.36. The van der Waals surface area contributed by atoms with E-state index in [9.17, 15) is 5.11 Å². The first-order valence-electron chi connectivity index (χ1n) is 11.5. The van der Waals surface area contributed by atoms with Gasteiger partial charge < -0.3 is 14.9 Å². The molecule has 0 unspecified atom stereocenters. The maximum atomic E-state index is 9.60. The van der Waals surface area contributed by atoms with E-state index < -0.39 is 0 Å². The van der Waals surface area contributed by atoms with Crippen molar-refractivity contribution in [1.82, 2.24) is 14.7 Å². The van der Waals surface area contributed by atoms with Gasteiger partial charge in [-0.15, -0.1) is 0 Å². The van der Waals surface area contributed by atoms with Crippen molar-refractivity contribution in [2.45, 2.75) is 89.8 Å². The summed E-state index contributed by atoms with van der Waals surface area (Å²) in [6.07, 6.45) is 12.3. The second-order valence-electron chi connectivity index (χ2n) is 9.36. The Labute approximate surface area is 161 Å². The van der Waals surface area contributed by atoms with E-state index in [1.807, 2.05) is 0 Å². The van der Waals surface area contributed by atoms with Gasteiger partial charge in [0.25, 0.3) is 0 Å². The normalized spacial score (nSPS) is 28.4. The maximum absolute atomic E-state index is 9.60. The van der Waals surface area contributed by atoms with Crippen molar-refractivity contribution in [1.29, 1.82) is 0 Å². The first-order chi connectivity index (χ1) is 12.7. The van der Waals surface area contributed by atoms with Crippen LogP contribution in [0, 0.1) is 5.92 Å². The predicted molar refractivity (Wildman–Crippen MR) is 110 cm³/mol. The van der Waals surface area contributed by atoms with Crippen LogP contribution in [0.2, 0.25) is 0 Å². The zero-order chi connectivity index (χ0) is 18.4. The highest BCUT2D eigenvalue weighted by Gasteiger charge is 2.33. The van der Waals surface area contributed by atoms with E-state index in [0.29, 0.717) is 18.7 Å². The van der Waals surface area contributed by atoms with E-state index in [4.69, 9.17) is 0 Å². The Kier molecular flexibility index (Phi) is 8.23. The van der Waals surface area contributed by atoms with E-state index >= 15 is 0 Å². The smallest absolute Gasteiger partial charge is 0.0446 e. The van der Waals surface area contributed by atoms with Gasteiger partial charge in [0, 0.05) is 44.4 Å². The van der Waals surface area contributed by atoms with Crippen molar-refractivity contribution in [2.24, 2.45) is 5.92 Å². The number of hydrogen-bond acceptors (Lipinski definition) is 4. The fraction of sp³-hybridized carbons (Fsp3) is 1.00. The highest BCUT2D eigenvalue weighted by molar-refractivity contribution is 4.90. The standard InChI is InChI=1S/C22H43N3O/c1-19(2)24-13-9-21(10-14-24)25-16-15-23(18-22(25)11-17-26)12-5-8-20-6-3-4-7-20/h19-22,26H,3-18H2,1-2H3/t22-/m1/s1. The minimum Gasteiger partial charge on any atom is -0.396 e. The molecule has 2 aliphatic heterocycles. The SMILES string of the molecule is CC(C)N1CCC(N2CCN(CCCC3CCCC3)C[C@H]2CCO)CC1. The molecule has 1 saturated carbocycles. The number of piperazine rings is 1. The molecule has 3 aliphatic rings. The molecule has 0 aromatic rings. The van der Waals surface area contributed by atoms with Crippen LogP contribution in [0.1, 0.15) is 71.6 Å². The molecule has 1 N–H and O–H groups in total. The lowest BCUT2D eigenvalue weighted by molar-refractivity contribution is 0.00169. The first-order valence-corrected chi connectivity index (χ1v) is 11.5. The van der Waals surface area contributed by atoms with Crippen molar-refractivity contribution in [3.8, 4) is 0 Å². The molecule has 2 saturated heterocycles. The lowest BCUT2D eigenvalue weighted by Crippen LogP contribution is -2.59. The third kappa shape index (κ3) is 5.67. The van der Waals surface area contributed by atoms with Crippen LogP contribution < -0.4 is 0 Å². The molecular weight excluding hydrogens is 322 g/mol. The lowest BCUT2D eigenvalue weighted by Gasteiger charge is -2.48. The Hall–Kier alpha value is -0.160. The van der Waals surface area contributed by atoms with Gasteiger partial charge in [0.15, 0.2) is 0 Å². The van der Waals surface area contributed by atoms with Gasteiger partial charge in [-0.3, -0.25) is 4.90 Å². The van der Waals surface area contributed by atoms with E-state index in [-0.39, 0.29) is 0 Å². The summed E-state index contributed by atoms with van der Waals surface area (Å²) in [5.41, 5.74) is 0. The molecule has 1 atom stereocenters. The summed E-state index contributed by atoms with van der Waals surface area (Å²) in [7, 11) is 0. The Morgan fingerprint density at radius 1 is 0.923 bits per heavy atom. The van der Waals surface area contributed by atoms with Crippen molar-refractivity contribution in [3.05, 3.63) is 0 Å². The zero-order valence-electron chi connectivity index (χ0n) is 17.4. The summed E-state index contributed by atoms with van der Waals surface area (Å²) in [6.45, 7) is 12.4. The van der Waals surface area contributed by atoms with Crippen LogP contribution in [0.25, 0.3) is 0 Å². The van der Waals surface area contributed by atoms with Crippen molar-refractivity contribution < 1.29 is 5.11 Å². The van der Waals surface area contributed by atoms with E-state index in [1.54, 1.807) is 0 Å². The lowest BCUT2D eigenvalue weighted by atomic mass is 9.97. The number of likely N-dealkylation sites (tertiary alicyclic amines) is 1. The predicted octanol–water partition coefficient (Wildman–Crippen LogP) is 3.20. The van der Waals surface area contributed by atoms with Crippen LogP contribution >= 0.6 is 0 Å².